The first-order valence-electron chi connectivity index (χ1n) is 10.9. The number of hydrogen-bond donors (Lipinski definition) is 2. The van der Waals surface area contributed by atoms with Crippen molar-refractivity contribution in [2.75, 3.05) is 0 Å². The zero-order valence-corrected chi connectivity index (χ0v) is 20.3. The molecule has 5 heteroatoms. The van der Waals surface area contributed by atoms with E-state index in [0.29, 0.717) is 61.2 Å². The number of fused-ring (bicyclic) bond motifs is 2. The van der Waals surface area contributed by atoms with Crippen molar-refractivity contribution in [2.24, 2.45) is 0 Å². The van der Waals surface area contributed by atoms with Crippen LogP contribution in [0, 0.1) is 55.4 Å². The number of benzene rings is 3. The molecule has 170 valence electrons. The number of carboxylic acid groups (broad SMARTS) is 1. The molecule has 0 saturated carbocycles. The standard InChI is InChI=1S/C28H28O5/c1-11-9-19-23(21-15(5)13(3)14(4)16(6)22(21)28(31)32)20-10-12(2)25(30)18(8)27(20)33-26(19)17(7)24(11)29/h9-10,29H,1-8H3,(H,31,32). The summed E-state index contributed by atoms with van der Waals surface area (Å²) >= 11 is 0. The minimum Gasteiger partial charge on any atom is -0.507 e. The first kappa shape index (κ1) is 22.6. The second kappa shape index (κ2) is 7.48. The third kappa shape index (κ3) is 3.06. The zero-order valence-electron chi connectivity index (χ0n) is 20.3. The topological polar surface area (TPSA) is 87.7 Å². The Hall–Kier alpha value is -3.60. The highest BCUT2D eigenvalue weighted by atomic mass is 16.4. The van der Waals surface area contributed by atoms with Gasteiger partial charge in [-0.15, -0.1) is 0 Å². The van der Waals surface area contributed by atoms with Gasteiger partial charge in [0.25, 0.3) is 0 Å². The highest BCUT2D eigenvalue weighted by molar-refractivity contribution is 6.10. The number of aromatic hydroxyl groups is 1. The Kier molecular flexibility index (Phi) is 5.12. The lowest BCUT2D eigenvalue weighted by Gasteiger charge is -2.24. The molecule has 0 fully saturated rings. The van der Waals surface area contributed by atoms with Crippen LogP contribution in [0.15, 0.2) is 21.3 Å². The molecule has 0 radical (unpaired) electrons. The number of aromatic carboxylic acids is 1. The lowest BCUT2D eigenvalue weighted by molar-refractivity contribution is 0.0696. The van der Waals surface area contributed by atoms with Crippen LogP contribution in [0.4, 0.5) is 0 Å². The van der Waals surface area contributed by atoms with Crippen molar-refractivity contribution in [2.45, 2.75) is 55.4 Å². The molecule has 0 spiro atoms. The van der Waals surface area contributed by atoms with Crippen molar-refractivity contribution in [3.63, 3.8) is 0 Å². The molecule has 5 nitrogen and oxygen atoms in total. The Labute approximate surface area is 192 Å². The van der Waals surface area contributed by atoms with E-state index in [1.807, 2.05) is 40.7 Å². The quantitative estimate of drug-likeness (QED) is 0.348. The van der Waals surface area contributed by atoms with E-state index in [-0.39, 0.29) is 16.7 Å². The summed E-state index contributed by atoms with van der Waals surface area (Å²) in [4.78, 5) is 25.3. The first-order valence-corrected chi connectivity index (χ1v) is 10.9. The number of phenolic OH excluding ortho intramolecular Hbond substituents is 1. The number of rotatable bonds is 2. The first-order chi connectivity index (χ1) is 15.4. The smallest absolute Gasteiger partial charge is 0.336 e. The Morgan fingerprint density at radius 2 is 1.36 bits per heavy atom. The molecule has 2 aliphatic rings. The fourth-order valence-electron chi connectivity index (χ4n) is 4.95. The van der Waals surface area contributed by atoms with Crippen molar-refractivity contribution >= 4 is 16.9 Å². The summed E-state index contributed by atoms with van der Waals surface area (Å²) in [5.41, 5.74) is 8.40. The molecule has 2 aromatic rings. The predicted molar refractivity (Wildman–Crippen MR) is 131 cm³/mol. The van der Waals surface area contributed by atoms with E-state index in [2.05, 4.69) is 0 Å². The Balaban J connectivity index is 2.43. The molecule has 2 N–H and O–H groups in total. The minimum atomic E-state index is -1.00. The molecular formula is C28H28O5. The van der Waals surface area contributed by atoms with Crippen LogP contribution in [-0.2, 0) is 0 Å². The van der Waals surface area contributed by atoms with Gasteiger partial charge < -0.3 is 14.6 Å². The molecule has 1 aliphatic heterocycles. The Morgan fingerprint density at radius 3 is 1.97 bits per heavy atom. The third-order valence-electron chi connectivity index (χ3n) is 7.21. The predicted octanol–water partition coefficient (Wildman–Crippen LogP) is 6.44. The monoisotopic (exact) mass is 444 g/mol. The third-order valence-corrected chi connectivity index (χ3v) is 7.21. The molecule has 1 aliphatic carbocycles. The zero-order chi connectivity index (χ0) is 24.5. The second-order valence-electron chi connectivity index (χ2n) is 9.10. The van der Waals surface area contributed by atoms with Gasteiger partial charge in [-0.25, -0.2) is 4.79 Å². The van der Waals surface area contributed by atoms with Gasteiger partial charge in [0, 0.05) is 33.2 Å². The van der Waals surface area contributed by atoms with E-state index in [0.717, 1.165) is 16.7 Å². The minimum absolute atomic E-state index is 0.114. The Morgan fingerprint density at radius 1 is 0.758 bits per heavy atom. The number of aryl methyl sites for hydroxylation is 3. The SMILES string of the molecule is Cc1cc2c(-c3c(C)c(C)c(C)c(C)c3C(=O)O)c3cc(C)c(=O)c(C)c-3oc2c(C)c1O. The van der Waals surface area contributed by atoms with Crippen LogP contribution in [0.5, 0.6) is 5.75 Å². The van der Waals surface area contributed by atoms with Crippen LogP contribution in [0.25, 0.3) is 33.4 Å². The van der Waals surface area contributed by atoms with Gasteiger partial charge in [0.2, 0.25) is 0 Å². The van der Waals surface area contributed by atoms with Gasteiger partial charge in [0.15, 0.2) is 5.43 Å². The average Bonchev–Trinajstić information content (AvgIpc) is 2.76. The number of phenols is 1. The molecule has 0 atom stereocenters. The fourth-order valence-corrected chi connectivity index (χ4v) is 4.95. The maximum Gasteiger partial charge on any atom is 0.336 e. The molecule has 0 amide bonds. The summed E-state index contributed by atoms with van der Waals surface area (Å²) in [6.07, 6.45) is 0. The van der Waals surface area contributed by atoms with Gasteiger partial charge in [-0.2, -0.15) is 0 Å². The lowest BCUT2D eigenvalue weighted by Crippen LogP contribution is -2.13. The van der Waals surface area contributed by atoms with Gasteiger partial charge in [0.05, 0.1) is 5.56 Å². The van der Waals surface area contributed by atoms with Crippen molar-refractivity contribution in [1.82, 2.24) is 0 Å². The Bertz CT molecular complexity index is 1540. The van der Waals surface area contributed by atoms with Crippen molar-refractivity contribution < 1.29 is 19.4 Å². The maximum atomic E-state index is 12.8. The van der Waals surface area contributed by atoms with Gasteiger partial charge >= 0.3 is 5.97 Å². The maximum absolute atomic E-state index is 12.8. The van der Waals surface area contributed by atoms with Gasteiger partial charge in [-0.3, -0.25) is 4.79 Å². The molecule has 2 aromatic carbocycles. The van der Waals surface area contributed by atoms with E-state index in [1.165, 1.54) is 0 Å². The average molecular weight is 445 g/mol. The molecule has 4 rings (SSSR count). The van der Waals surface area contributed by atoms with E-state index >= 15 is 0 Å². The van der Waals surface area contributed by atoms with E-state index in [1.54, 1.807) is 26.8 Å². The van der Waals surface area contributed by atoms with Gasteiger partial charge in [0.1, 0.15) is 17.1 Å². The van der Waals surface area contributed by atoms with Crippen LogP contribution < -0.4 is 5.43 Å². The van der Waals surface area contributed by atoms with E-state index in [4.69, 9.17) is 4.42 Å². The highest BCUT2D eigenvalue weighted by Gasteiger charge is 2.29. The van der Waals surface area contributed by atoms with Crippen LogP contribution in [0.3, 0.4) is 0 Å². The summed E-state index contributed by atoms with van der Waals surface area (Å²) < 4.78 is 6.26. The molecule has 0 aromatic heterocycles. The van der Waals surface area contributed by atoms with E-state index < -0.39 is 5.97 Å². The number of carbonyl (C=O) groups is 1. The summed E-state index contributed by atoms with van der Waals surface area (Å²) in [5, 5.41) is 21.6. The molecule has 33 heavy (non-hydrogen) atoms. The molecule has 1 heterocycles. The molecule has 0 saturated heterocycles. The summed E-state index contributed by atoms with van der Waals surface area (Å²) in [5.74, 6) is -0.474. The van der Waals surface area contributed by atoms with Gasteiger partial charge in [-0.1, -0.05) is 0 Å². The van der Waals surface area contributed by atoms with Crippen LogP contribution in [-0.4, -0.2) is 16.2 Å². The normalized spacial score (nSPS) is 11.5. The van der Waals surface area contributed by atoms with Crippen LogP contribution in [0.1, 0.15) is 54.9 Å². The van der Waals surface area contributed by atoms with Gasteiger partial charge in [-0.05, 0) is 101 Å². The van der Waals surface area contributed by atoms with Crippen molar-refractivity contribution in [1.29, 1.82) is 0 Å². The largest absolute Gasteiger partial charge is 0.507 e. The van der Waals surface area contributed by atoms with Crippen molar-refractivity contribution in [3.8, 4) is 28.2 Å². The molecular weight excluding hydrogens is 416 g/mol. The van der Waals surface area contributed by atoms with Crippen molar-refractivity contribution in [3.05, 3.63) is 72.4 Å². The fraction of sp³-hybridized carbons (Fsp3) is 0.286. The summed E-state index contributed by atoms with van der Waals surface area (Å²) in [6, 6.07) is 3.62. The summed E-state index contributed by atoms with van der Waals surface area (Å²) in [6.45, 7) is 14.8. The second-order valence-corrected chi connectivity index (χ2v) is 9.10. The summed E-state index contributed by atoms with van der Waals surface area (Å²) in [7, 11) is 0. The highest BCUT2D eigenvalue weighted by Crippen LogP contribution is 2.47. The van der Waals surface area contributed by atoms with E-state index in [9.17, 15) is 19.8 Å². The molecule has 0 bridgehead atoms. The molecule has 0 unspecified atom stereocenters. The number of hydrogen-bond acceptors (Lipinski definition) is 4. The number of carboxylic acids is 1. The van der Waals surface area contributed by atoms with Crippen LogP contribution >= 0.6 is 0 Å². The van der Waals surface area contributed by atoms with Crippen LogP contribution in [0.2, 0.25) is 0 Å². The lowest BCUT2D eigenvalue weighted by atomic mass is 9.81.